The number of thiazole rings is 1. The number of fused-ring (bicyclic) bond motifs is 1. The van der Waals surface area contributed by atoms with Crippen molar-refractivity contribution < 1.29 is 14.0 Å². The van der Waals surface area contributed by atoms with E-state index in [0.717, 1.165) is 63.8 Å². The van der Waals surface area contributed by atoms with E-state index >= 15 is 0 Å². The van der Waals surface area contributed by atoms with Gasteiger partial charge in [-0.1, -0.05) is 12.1 Å². The van der Waals surface area contributed by atoms with E-state index in [1.807, 2.05) is 41.2 Å². The predicted octanol–water partition coefficient (Wildman–Crippen LogP) is 3.57. The van der Waals surface area contributed by atoms with Gasteiger partial charge in [0.2, 0.25) is 11.8 Å². The number of hydrogen-bond acceptors (Lipinski definition) is 9. The second-order valence-electron chi connectivity index (χ2n) is 12.4. The van der Waals surface area contributed by atoms with Crippen LogP contribution in [0, 0.1) is 11.2 Å². The molecule has 2 fully saturated rings. The fourth-order valence-electron chi connectivity index (χ4n) is 6.97. The van der Waals surface area contributed by atoms with Crippen molar-refractivity contribution in [3.8, 4) is 10.7 Å². The summed E-state index contributed by atoms with van der Waals surface area (Å²) in [5, 5.41) is 5.30. The molecule has 0 unspecified atom stereocenters. The highest BCUT2D eigenvalue weighted by molar-refractivity contribution is 7.16. The Labute approximate surface area is 269 Å². The van der Waals surface area contributed by atoms with Crippen molar-refractivity contribution in [3.05, 3.63) is 82.8 Å². The molecule has 11 nitrogen and oxygen atoms in total. The number of anilines is 1. The minimum atomic E-state index is -0.477. The quantitative estimate of drug-likeness (QED) is 0.318. The van der Waals surface area contributed by atoms with Gasteiger partial charge in [0.05, 0.1) is 41.0 Å². The second-order valence-corrected chi connectivity index (χ2v) is 13.4. The molecule has 4 aliphatic rings. The van der Waals surface area contributed by atoms with Crippen molar-refractivity contribution in [1.29, 1.82) is 0 Å². The Morgan fingerprint density at radius 1 is 1.07 bits per heavy atom. The first kappa shape index (κ1) is 28.8. The molecule has 0 bridgehead atoms. The number of amides is 2. The monoisotopic (exact) mass is 637 g/mol. The molecule has 2 saturated heterocycles. The summed E-state index contributed by atoms with van der Waals surface area (Å²) in [5.74, 6) is 0.487. The van der Waals surface area contributed by atoms with E-state index in [-0.39, 0.29) is 17.6 Å². The summed E-state index contributed by atoms with van der Waals surface area (Å²) in [5.41, 5.74) is 4.85. The zero-order chi connectivity index (χ0) is 31.4. The molecule has 8 rings (SSSR count). The zero-order valence-corrected chi connectivity index (χ0v) is 26.2. The Bertz CT molecular complexity index is 1920. The van der Waals surface area contributed by atoms with Crippen LogP contribution >= 0.6 is 11.3 Å². The van der Waals surface area contributed by atoms with Crippen LogP contribution in [0.15, 0.2) is 60.1 Å². The van der Waals surface area contributed by atoms with Crippen molar-refractivity contribution in [2.24, 2.45) is 17.5 Å². The molecule has 13 heteroatoms. The van der Waals surface area contributed by atoms with Gasteiger partial charge >= 0.3 is 0 Å². The average Bonchev–Trinajstić information content (AvgIpc) is 3.91. The molecule has 7 heterocycles. The number of aryl methyl sites for hydroxylation is 1. The molecule has 4 aromatic rings. The number of aromatic nitrogens is 5. The summed E-state index contributed by atoms with van der Waals surface area (Å²) in [7, 11) is 1.84. The van der Waals surface area contributed by atoms with Gasteiger partial charge in [0, 0.05) is 50.7 Å². The van der Waals surface area contributed by atoms with Gasteiger partial charge < -0.3 is 9.80 Å². The van der Waals surface area contributed by atoms with Crippen molar-refractivity contribution in [2.75, 3.05) is 44.2 Å². The van der Waals surface area contributed by atoms with E-state index in [1.165, 1.54) is 12.3 Å². The fraction of sp³-hybridized carbons (Fsp3) is 0.364. The normalized spacial score (nSPS) is 21.3. The standard InChI is InChI=1S/C33H32FN9O2S/c1-40-20-38-30(39-40)27-17-37-31(46-27)21-6-10-42(11-7-21)28(44)18-41-12-8-33(19-41)9-13-43(32(33)45)24-4-2-22-15-36-29(25(22)14-24)26-5-3-23(34)16-35-26/h2-6,14,16-17,20H,7-13,15,18-19H2,1H3/t33-/m0/s1. The van der Waals surface area contributed by atoms with Crippen LogP contribution in [0.4, 0.5) is 10.1 Å². The molecule has 46 heavy (non-hydrogen) atoms. The van der Waals surface area contributed by atoms with Gasteiger partial charge in [-0.2, -0.15) is 5.10 Å². The molecule has 4 aliphatic heterocycles. The number of halogens is 1. The van der Waals surface area contributed by atoms with Gasteiger partial charge in [0.15, 0.2) is 5.82 Å². The molecule has 1 spiro atoms. The Morgan fingerprint density at radius 3 is 2.74 bits per heavy atom. The van der Waals surface area contributed by atoms with Crippen molar-refractivity contribution in [2.45, 2.75) is 25.8 Å². The van der Waals surface area contributed by atoms with E-state index in [0.29, 0.717) is 50.8 Å². The lowest BCUT2D eigenvalue weighted by Crippen LogP contribution is -2.43. The lowest BCUT2D eigenvalue weighted by Gasteiger charge is -2.28. The lowest BCUT2D eigenvalue weighted by molar-refractivity contribution is -0.132. The maximum atomic E-state index is 13.9. The number of carbonyl (C=O) groups excluding carboxylic acids is 2. The molecule has 3 aromatic heterocycles. The number of likely N-dealkylation sites (tertiary alicyclic amines) is 1. The van der Waals surface area contributed by atoms with Crippen LogP contribution in [0.1, 0.15) is 41.1 Å². The highest BCUT2D eigenvalue weighted by Crippen LogP contribution is 2.43. The van der Waals surface area contributed by atoms with Gasteiger partial charge in [-0.05, 0) is 61.2 Å². The average molecular weight is 638 g/mol. The Balaban J connectivity index is 0.891. The lowest BCUT2D eigenvalue weighted by atomic mass is 9.85. The fourth-order valence-corrected chi connectivity index (χ4v) is 7.89. The minimum absolute atomic E-state index is 0.0898. The van der Waals surface area contributed by atoms with Gasteiger partial charge in [-0.25, -0.2) is 14.4 Å². The minimum Gasteiger partial charge on any atom is -0.338 e. The summed E-state index contributed by atoms with van der Waals surface area (Å²) in [4.78, 5) is 51.8. The van der Waals surface area contributed by atoms with E-state index in [2.05, 4.69) is 36.0 Å². The molecular weight excluding hydrogens is 605 g/mol. The molecule has 0 radical (unpaired) electrons. The Morgan fingerprint density at radius 2 is 1.96 bits per heavy atom. The summed E-state index contributed by atoms with van der Waals surface area (Å²) in [6.07, 6.45) is 9.03. The summed E-state index contributed by atoms with van der Waals surface area (Å²) in [6, 6.07) is 9.04. The third-order valence-corrected chi connectivity index (χ3v) is 10.6. The predicted molar refractivity (Wildman–Crippen MR) is 172 cm³/mol. The van der Waals surface area contributed by atoms with Crippen molar-refractivity contribution in [1.82, 2.24) is 34.5 Å². The summed E-state index contributed by atoms with van der Waals surface area (Å²) >= 11 is 1.57. The van der Waals surface area contributed by atoms with Gasteiger partial charge in [0.25, 0.3) is 0 Å². The van der Waals surface area contributed by atoms with E-state index in [1.54, 1.807) is 28.4 Å². The summed E-state index contributed by atoms with van der Waals surface area (Å²) in [6.45, 7) is 3.99. The third kappa shape index (κ3) is 5.13. The number of aliphatic imine (C=N–C) groups is 1. The molecule has 0 aliphatic carbocycles. The molecular formula is C33H32FN9O2S. The van der Waals surface area contributed by atoms with Gasteiger partial charge in [-0.3, -0.25) is 29.1 Å². The van der Waals surface area contributed by atoms with E-state index in [4.69, 9.17) is 0 Å². The Hall–Kier alpha value is -4.62. The van der Waals surface area contributed by atoms with Crippen molar-refractivity contribution >= 4 is 40.1 Å². The topological polar surface area (TPSA) is 113 Å². The number of pyridine rings is 1. The third-order valence-electron chi connectivity index (χ3n) is 9.50. The molecule has 1 atom stereocenters. The second kappa shape index (κ2) is 11.3. The highest BCUT2D eigenvalue weighted by Gasteiger charge is 2.51. The van der Waals surface area contributed by atoms with E-state index in [9.17, 15) is 14.0 Å². The number of carbonyl (C=O) groups is 2. The maximum absolute atomic E-state index is 13.9. The van der Waals surface area contributed by atoms with Crippen LogP contribution in [0.5, 0.6) is 0 Å². The number of nitrogens with zero attached hydrogens (tertiary/aromatic N) is 9. The smallest absolute Gasteiger partial charge is 0.237 e. The maximum Gasteiger partial charge on any atom is 0.237 e. The van der Waals surface area contributed by atoms with E-state index < -0.39 is 5.41 Å². The first-order valence-electron chi connectivity index (χ1n) is 15.5. The largest absolute Gasteiger partial charge is 0.338 e. The van der Waals surface area contributed by atoms with Crippen LogP contribution in [-0.4, -0.2) is 91.3 Å². The first-order valence-corrected chi connectivity index (χ1v) is 16.3. The van der Waals surface area contributed by atoms with Crippen molar-refractivity contribution in [3.63, 3.8) is 0 Å². The SMILES string of the molecule is Cn1cnc(-c2cnc(C3=CCN(C(=O)CN4CC[C@]5(CCN(c6ccc7c(c6)C(c6ccc(F)cn6)=NC7)C5=O)C4)CC3)s2)n1. The first-order chi connectivity index (χ1) is 22.3. The number of benzene rings is 1. The van der Waals surface area contributed by atoms with Crippen LogP contribution in [0.25, 0.3) is 16.3 Å². The Kier molecular flexibility index (Phi) is 7.09. The summed E-state index contributed by atoms with van der Waals surface area (Å²) < 4.78 is 15.1. The molecule has 234 valence electrons. The molecule has 0 N–H and O–H groups in total. The highest BCUT2D eigenvalue weighted by atomic mass is 32.1. The van der Waals surface area contributed by atoms with Gasteiger partial charge in [0.1, 0.15) is 17.2 Å². The zero-order valence-electron chi connectivity index (χ0n) is 25.4. The van der Waals surface area contributed by atoms with Crippen LogP contribution < -0.4 is 4.90 Å². The number of rotatable bonds is 6. The molecule has 1 aromatic carbocycles. The molecule has 0 saturated carbocycles. The molecule has 2 amide bonds. The van der Waals surface area contributed by atoms with Crippen LogP contribution in [0.3, 0.4) is 0 Å². The van der Waals surface area contributed by atoms with Crippen LogP contribution in [0.2, 0.25) is 0 Å². The number of hydrogen-bond donors (Lipinski definition) is 0. The van der Waals surface area contributed by atoms with Gasteiger partial charge in [-0.15, -0.1) is 11.3 Å². The van der Waals surface area contributed by atoms with Crippen LogP contribution in [-0.2, 0) is 23.2 Å².